The Hall–Kier alpha value is -2.59. The lowest BCUT2D eigenvalue weighted by Gasteiger charge is -2.25. The van der Waals surface area contributed by atoms with Crippen LogP contribution in [0.5, 0.6) is 0 Å². The summed E-state index contributed by atoms with van der Waals surface area (Å²) in [7, 11) is 1.32. The molecule has 0 fully saturated rings. The van der Waals surface area contributed by atoms with Gasteiger partial charge in [0.25, 0.3) is 5.91 Å². The summed E-state index contributed by atoms with van der Waals surface area (Å²) in [5.74, 6) is -0.654. The molecular weight excluding hydrogens is 417 g/mol. The van der Waals surface area contributed by atoms with Crippen LogP contribution in [0.4, 0.5) is 14.2 Å². The lowest BCUT2D eigenvalue weighted by atomic mass is 10.0. The fourth-order valence-corrected chi connectivity index (χ4v) is 5.16. The lowest BCUT2D eigenvalue weighted by Crippen LogP contribution is -2.35. The number of ether oxygens (including phenoxy) is 1. The molecule has 0 atom stereocenters. The number of thiophene rings is 1. The van der Waals surface area contributed by atoms with E-state index < -0.39 is 12.0 Å². The molecule has 0 radical (unpaired) electrons. The molecule has 3 amide bonds. The van der Waals surface area contributed by atoms with Crippen LogP contribution in [0, 0.1) is 5.82 Å². The number of thioether (sulfide) groups is 1. The number of rotatable bonds is 6. The highest BCUT2D eigenvalue weighted by molar-refractivity contribution is 7.99. The number of hydrogen-bond acceptors (Lipinski definition) is 6. The van der Waals surface area contributed by atoms with Gasteiger partial charge in [-0.3, -0.25) is 9.59 Å². The number of carbonyl (C=O) groups excluding carboxylic acids is 3. The van der Waals surface area contributed by atoms with Crippen molar-refractivity contribution in [3.63, 3.8) is 0 Å². The zero-order valence-electron chi connectivity index (χ0n) is 15.7. The minimum atomic E-state index is -0.606. The van der Waals surface area contributed by atoms with Gasteiger partial charge in [0.1, 0.15) is 10.8 Å². The van der Waals surface area contributed by atoms with Gasteiger partial charge in [0.05, 0.1) is 19.2 Å². The molecule has 10 heteroatoms. The Morgan fingerprint density at radius 2 is 2.03 bits per heavy atom. The topological polar surface area (TPSA) is 102 Å². The minimum absolute atomic E-state index is 0.219. The maximum atomic E-state index is 12.9. The van der Waals surface area contributed by atoms with Crippen LogP contribution >= 0.6 is 23.1 Å². The van der Waals surface area contributed by atoms with Gasteiger partial charge < -0.3 is 20.7 Å². The number of anilines is 1. The largest absolute Gasteiger partial charge is 0.453 e. The first kappa shape index (κ1) is 21.1. The van der Waals surface area contributed by atoms with Gasteiger partial charge in [0, 0.05) is 28.5 Å². The molecule has 0 spiro atoms. The average molecular weight is 438 g/mol. The Morgan fingerprint density at radius 3 is 2.69 bits per heavy atom. The maximum Gasteiger partial charge on any atom is 0.409 e. The standard InChI is InChI=1S/C19H20FN3O4S2/c1-27-19(26)23-8-6-13-14(10-23)29-18(16(13)17(21)25)22-15(24)7-9-28-12-4-2-11(20)3-5-12/h2-5H,6-10H2,1H3,(H2,21,25)(H,22,24). The minimum Gasteiger partial charge on any atom is -0.453 e. The number of amides is 3. The van der Waals surface area contributed by atoms with E-state index in [-0.39, 0.29) is 18.1 Å². The zero-order valence-corrected chi connectivity index (χ0v) is 17.3. The van der Waals surface area contributed by atoms with Gasteiger partial charge in [-0.05, 0) is 36.2 Å². The van der Waals surface area contributed by atoms with E-state index in [1.54, 1.807) is 12.1 Å². The summed E-state index contributed by atoms with van der Waals surface area (Å²) in [4.78, 5) is 39.3. The zero-order chi connectivity index (χ0) is 21.0. The molecule has 0 unspecified atom stereocenters. The van der Waals surface area contributed by atoms with E-state index in [0.717, 1.165) is 15.3 Å². The van der Waals surface area contributed by atoms with Gasteiger partial charge in [0.15, 0.2) is 0 Å². The number of halogens is 1. The van der Waals surface area contributed by atoms with E-state index in [4.69, 9.17) is 10.5 Å². The fourth-order valence-electron chi connectivity index (χ4n) is 3.02. The molecule has 1 aromatic carbocycles. The van der Waals surface area contributed by atoms with Crippen molar-refractivity contribution in [3.8, 4) is 0 Å². The number of nitrogens with two attached hydrogens (primary N) is 1. The number of methoxy groups -OCH3 is 1. The number of nitrogens with zero attached hydrogens (tertiary/aromatic N) is 1. The second-order valence-electron chi connectivity index (χ2n) is 6.31. The predicted octanol–water partition coefficient (Wildman–Crippen LogP) is 3.23. The highest BCUT2D eigenvalue weighted by Crippen LogP contribution is 2.37. The van der Waals surface area contributed by atoms with Crippen molar-refractivity contribution in [1.82, 2.24) is 4.90 Å². The Balaban J connectivity index is 1.64. The van der Waals surface area contributed by atoms with Gasteiger partial charge in [-0.15, -0.1) is 23.1 Å². The molecule has 1 aliphatic heterocycles. The fraction of sp³-hybridized carbons (Fsp3) is 0.316. The molecule has 0 saturated carbocycles. The van der Waals surface area contributed by atoms with Crippen LogP contribution in [0.15, 0.2) is 29.2 Å². The van der Waals surface area contributed by atoms with Crippen molar-refractivity contribution in [2.45, 2.75) is 24.3 Å². The number of nitrogens with one attached hydrogen (secondary N) is 1. The number of carbonyl (C=O) groups is 3. The Bertz CT molecular complexity index is 930. The molecule has 1 aliphatic rings. The number of hydrogen-bond donors (Lipinski definition) is 2. The van der Waals surface area contributed by atoms with E-state index in [2.05, 4.69) is 5.32 Å². The summed E-state index contributed by atoms with van der Waals surface area (Å²) >= 11 is 2.69. The highest BCUT2D eigenvalue weighted by Gasteiger charge is 2.29. The monoisotopic (exact) mass is 437 g/mol. The van der Waals surface area contributed by atoms with E-state index in [9.17, 15) is 18.8 Å². The molecule has 7 nitrogen and oxygen atoms in total. The Morgan fingerprint density at radius 1 is 1.31 bits per heavy atom. The van der Waals surface area contributed by atoms with Crippen molar-refractivity contribution in [3.05, 3.63) is 46.1 Å². The van der Waals surface area contributed by atoms with Crippen LogP contribution in [-0.4, -0.2) is 42.2 Å². The van der Waals surface area contributed by atoms with Gasteiger partial charge in [-0.2, -0.15) is 0 Å². The van der Waals surface area contributed by atoms with Crippen molar-refractivity contribution < 1.29 is 23.5 Å². The summed E-state index contributed by atoms with van der Waals surface area (Å²) in [5, 5.41) is 3.18. The van der Waals surface area contributed by atoms with Gasteiger partial charge >= 0.3 is 6.09 Å². The Kier molecular flexibility index (Phi) is 6.75. The van der Waals surface area contributed by atoms with Crippen molar-refractivity contribution in [2.24, 2.45) is 5.73 Å². The van der Waals surface area contributed by atoms with E-state index in [1.165, 1.54) is 47.2 Å². The summed E-state index contributed by atoms with van der Waals surface area (Å²) < 4.78 is 17.7. The third kappa shape index (κ3) is 5.07. The van der Waals surface area contributed by atoms with Crippen molar-refractivity contribution in [1.29, 1.82) is 0 Å². The number of fused-ring (bicyclic) bond motifs is 1. The van der Waals surface area contributed by atoms with E-state index in [0.29, 0.717) is 35.8 Å². The van der Waals surface area contributed by atoms with E-state index in [1.807, 2.05) is 0 Å². The normalized spacial score (nSPS) is 13.0. The van der Waals surface area contributed by atoms with Crippen LogP contribution in [0.1, 0.15) is 27.2 Å². The van der Waals surface area contributed by atoms with Gasteiger partial charge in [0.2, 0.25) is 5.91 Å². The summed E-state index contributed by atoms with van der Waals surface area (Å²) in [6, 6.07) is 6.05. The van der Waals surface area contributed by atoms with Gasteiger partial charge in [-0.25, -0.2) is 9.18 Å². The maximum absolute atomic E-state index is 12.9. The predicted molar refractivity (Wildman–Crippen MR) is 110 cm³/mol. The summed E-state index contributed by atoms with van der Waals surface area (Å²) in [5.41, 5.74) is 6.63. The molecule has 2 heterocycles. The smallest absolute Gasteiger partial charge is 0.409 e. The molecule has 0 bridgehead atoms. The first-order valence-corrected chi connectivity index (χ1v) is 10.6. The molecule has 29 heavy (non-hydrogen) atoms. The lowest BCUT2D eigenvalue weighted by molar-refractivity contribution is -0.115. The first-order chi connectivity index (χ1) is 13.9. The van der Waals surface area contributed by atoms with Crippen LogP contribution in [0.2, 0.25) is 0 Å². The SMILES string of the molecule is COC(=O)N1CCc2c(sc(NC(=O)CCSc3ccc(F)cc3)c2C(N)=O)C1. The molecular formula is C19H20FN3O4S2. The molecule has 0 saturated heterocycles. The second kappa shape index (κ2) is 9.27. The Labute approximate surface area is 175 Å². The molecule has 2 aromatic rings. The van der Waals surface area contributed by atoms with Crippen LogP contribution < -0.4 is 11.1 Å². The second-order valence-corrected chi connectivity index (χ2v) is 8.59. The molecule has 0 aliphatic carbocycles. The summed E-state index contributed by atoms with van der Waals surface area (Å²) in [6.45, 7) is 0.724. The van der Waals surface area contributed by atoms with Crippen LogP contribution in [0.25, 0.3) is 0 Å². The molecule has 1 aromatic heterocycles. The van der Waals surface area contributed by atoms with Crippen molar-refractivity contribution >= 4 is 46.0 Å². The number of benzene rings is 1. The van der Waals surface area contributed by atoms with Crippen LogP contribution in [0.3, 0.4) is 0 Å². The third-order valence-corrected chi connectivity index (χ3v) is 6.55. The first-order valence-electron chi connectivity index (χ1n) is 8.84. The molecule has 3 N–H and O–H groups in total. The van der Waals surface area contributed by atoms with Gasteiger partial charge in [-0.1, -0.05) is 0 Å². The highest BCUT2D eigenvalue weighted by atomic mass is 32.2. The number of primary amides is 1. The quantitative estimate of drug-likeness (QED) is 0.676. The van der Waals surface area contributed by atoms with Crippen molar-refractivity contribution in [2.75, 3.05) is 24.7 Å². The van der Waals surface area contributed by atoms with Crippen LogP contribution in [-0.2, 0) is 22.5 Å². The summed E-state index contributed by atoms with van der Waals surface area (Å²) in [6.07, 6.45) is 0.250. The van der Waals surface area contributed by atoms with E-state index >= 15 is 0 Å². The average Bonchev–Trinajstić information content (AvgIpc) is 3.05. The third-order valence-electron chi connectivity index (χ3n) is 4.40. The molecule has 154 valence electrons. The molecule has 3 rings (SSSR count).